The van der Waals surface area contributed by atoms with Crippen molar-refractivity contribution in [2.45, 2.75) is 25.4 Å². The molecule has 0 bridgehead atoms. The van der Waals surface area contributed by atoms with Crippen LogP contribution in [0.1, 0.15) is 39.7 Å². The van der Waals surface area contributed by atoms with Crippen LogP contribution < -0.4 is 11.1 Å². The smallest absolute Gasteiger partial charge is 0.255 e. The normalized spacial score (nSPS) is 17.0. The molecule has 3 rings (SSSR count). The van der Waals surface area contributed by atoms with E-state index in [9.17, 15) is 4.79 Å². The van der Waals surface area contributed by atoms with Crippen molar-refractivity contribution in [3.05, 3.63) is 58.0 Å². The van der Waals surface area contributed by atoms with Crippen LogP contribution >= 0.6 is 11.6 Å². The number of halogens is 1. The monoisotopic (exact) mass is 290 g/mol. The van der Waals surface area contributed by atoms with Crippen LogP contribution in [0.5, 0.6) is 0 Å². The van der Waals surface area contributed by atoms with Gasteiger partial charge in [-0.15, -0.1) is 0 Å². The summed E-state index contributed by atoms with van der Waals surface area (Å²) < 4.78 is 5.18. The van der Waals surface area contributed by atoms with Crippen LogP contribution in [0.4, 0.5) is 0 Å². The fourth-order valence-corrected chi connectivity index (χ4v) is 2.88. The van der Waals surface area contributed by atoms with E-state index in [-0.39, 0.29) is 18.5 Å². The molecule has 1 amide bonds. The van der Waals surface area contributed by atoms with Crippen molar-refractivity contribution in [1.29, 1.82) is 0 Å². The Hall–Kier alpha value is -1.78. The van der Waals surface area contributed by atoms with Crippen LogP contribution in [0.2, 0.25) is 5.02 Å². The second-order valence-electron chi connectivity index (χ2n) is 4.88. The Morgan fingerprint density at radius 2 is 2.35 bits per heavy atom. The molecule has 3 N–H and O–H groups in total. The number of nitrogens with one attached hydrogen (secondary N) is 1. The fourth-order valence-electron chi connectivity index (χ4n) is 2.61. The lowest BCUT2D eigenvalue weighted by Gasteiger charge is -2.13. The zero-order chi connectivity index (χ0) is 14.1. The van der Waals surface area contributed by atoms with Gasteiger partial charge in [0.25, 0.3) is 5.91 Å². The number of amides is 1. The van der Waals surface area contributed by atoms with Gasteiger partial charge in [-0.05, 0) is 36.1 Å². The molecule has 0 spiro atoms. The molecule has 0 fully saturated rings. The second kappa shape index (κ2) is 5.31. The summed E-state index contributed by atoms with van der Waals surface area (Å²) in [5, 5.41) is 3.79. The third-order valence-electron chi connectivity index (χ3n) is 3.64. The van der Waals surface area contributed by atoms with Gasteiger partial charge >= 0.3 is 0 Å². The molecule has 0 saturated heterocycles. The van der Waals surface area contributed by atoms with Crippen LogP contribution in [0, 0.1) is 0 Å². The van der Waals surface area contributed by atoms with E-state index in [1.807, 2.05) is 18.2 Å². The molecule has 1 aromatic heterocycles. The highest BCUT2D eigenvalue weighted by molar-refractivity contribution is 6.31. The van der Waals surface area contributed by atoms with E-state index >= 15 is 0 Å². The number of rotatable bonds is 3. The Balaban J connectivity index is 1.77. The number of furan rings is 1. The number of fused-ring (bicyclic) bond motifs is 1. The van der Waals surface area contributed by atoms with E-state index in [4.69, 9.17) is 21.8 Å². The number of carbonyl (C=O) groups excluding carboxylic acids is 1. The Morgan fingerprint density at radius 1 is 1.50 bits per heavy atom. The molecule has 1 atom stereocenters. The highest BCUT2D eigenvalue weighted by atomic mass is 35.5. The zero-order valence-electron chi connectivity index (χ0n) is 10.9. The molecule has 2 aromatic rings. The van der Waals surface area contributed by atoms with E-state index in [1.54, 1.807) is 6.07 Å². The first-order chi connectivity index (χ1) is 9.69. The van der Waals surface area contributed by atoms with E-state index < -0.39 is 0 Å². The van der Waals surface area contributed by atoms with Crippen LogP contribution in [-0.4, -0.2) is 5.91 Å². The Morgan fingerprint density at radius 3 is 3.10 bits per heavy atom. The molecule has 4 nitrogen and oxygen atoms in total. The topological polar surface area (TPSA) is 68.3 Å². The maximum absolute atomic E-state index is 12.2. The fraction of sp³-hybridized carbons (Fsp3) is 0.267. The summed E-state index contributed by atoms with van der Waals surface area (Å²) in [6.07, 6.45) is 3.19. The zero-order valence-corrected chi connectivity index (χ0v) is 11.6. The van der Waals surface area contributed by atoms with Crippen LogP contribution in [0.15, 0.2) is 34.9 Å². The first-order valence-electron chi connectivity index (χ1n) is 6.54. The number of nitrogens with two attached hydrogens (primary N) is 1. The third kappa shape index (κ3) is 2.32. The van der Waals surface area contributed by atoms with Gasteiger partial charge < -0.3 is 15.5 Å². The summed E-state index contributed by atoms with van der Waals surface area (Å²) in [6, 6.07) is 7.49. The molecule has 0 saturated carbocycles. The van der Waals surface area contributed by atoms with Crippen molar-refractivity contribution in [3.8, 4) is 0 Å². The summed E-state index contributed by atoms with van der Waals surface area (Å²) in [4.78, 5) is 12.2. The van der Waals surface area contributed by atoms with E-state index in [0.29, 0.717) is 11.3 Å². The van der Waals surface area contributed by atoms with E-state index in [1.165, 1.54) is 6.26 Å². The molecule has 0 aliphatic heterocycles. The van der Waals surface area contributed by atoms with Crippen molar-refractivity contribution in [1.82, 2.24) is 5.32 Å². The maximum atomic E-state index is 12.2. The quantitative estimate of drug-likeness (QED) is 0.913. The number of carbonyl (C=O) groups is 1. The van der Waals surface area contributed by atoms with Crippen molar-refractivity contribution in [2.24, 2.45) is 5.73 Å². The van der Waals surface area contributed by atoms with Gasteiger partial charge in [0.2, 0.25) is 0 Å². The van der Waals surface area contributed by atoms with Gasteiger partial charge in [-0.3, -0.25) is 4.79 Å². The number of benzene rings is 1. The summed E-state index contributed by atoms with van der Waals surface area (Å²) >= 11 is 6.17. The Bertz CT molecular complexity index is 651. The predicted molar refractivity (Wildman–Crippen MR) is 76.6 cm³/mol. The van der Waals surface area contributed by atoms with Crippen molar-refractivity contribution < 1.29 is 9.21 Å². The minimum Gasteiger partial charge on any atom is -0.467 e. The Labute approximate surface area is 121 Å². The lowest BCUT2D eigenvalue weighted by molar-refractivity contribution is 0.0936. The molecule has 1 unspecified atom stereocenters. The van der Waals surface area contributed by atoms with Crippen LogP contribution in [0.25, 0.3) is 0 Å². The van der Waals surface area contributed by atoms with E-state index in [0.717, 1.165) is 29.0 Å². The van der Waals surface area contributed by atoms with Gasteiger partial charge in [0, 0.05) is 5.02 Å². The molecule has 1 aromatic carbocycles. The number of hydrogen-bond donors (Lipinski definition) is 2. The number of hydrogen-bond acceptors (Lipinski definition) is 3. The highest BCUT2D eigenvalue weighted by Crippen LogP contribution is 2.35. The van der Waals surface area contributed by atoms with Crippen molar-refractivity contribution in [3.63, 3.8) is 0 Å². The van der Waals surface area contributed by atoms with Gasteiger partial charge in [-0.2, -0.15) is 0 Å². The average Bonchev–Trinajstić information content (AvgIpc) is 3.07. The summed E-state index contributed by atoms with van der Waals surface area (Å²) in [5.41, 5.74) is 8.21. The molecule has 1 aliphatic carbocycles. The first-order valence-corrected chi connectivity index (χ1v) is 6.92. The lowest BCUT2D eigenvalue weighted by Crippen LogP contribution is -2.26. The maximum Gasteiger partial charge on any atom is 0.255 e. The Kier molecular flexibility index (Phi) is 3.51. The summed E-state index contributed by atoms with van der Waals surface area (Å²) in [7, 11) is 0. The third-order valence-corrected chi connectivity index (χ3v) is 3.99. The average molecular weight is 291 g/mol. The summed E-state index contributed by atoms with van der Waals surface area (Å²) in [5.74, 6) is 0.455. The predicted octanol–water partition coefficient (Wildman–Crippen LogP) is 2.81. The van der Waals surface area contributed by atoms with Crippen molar-refractivity contribution >= 4 is 17.5 Å². The summed E-state index contributed by atoms with van der Waals surface area (Å²) in [6.45, 7) is 0.287. The van der Waals surface area contributed by atoms with Crippen molar-refractivity contribution in [2.75, 3.05) is 0 Å². The van der Waals surface area contributed by atoms with Gasteiger partial charge in [0.15, 0.2) is 0 Å². The molecule has 5 heteroatoms. The van der Waals surface area contributed by atoms with Gasteiger partial charge in [-0.25, -0.2) is 0 Å². The van der Waals surface area contributed by atoms with Gasteiger partial charge in [0.05, 0.1) is 18.2 Å². The lowest BCUT2D eigenvalue weighted by atomic mass is 10.1. The van der Waals surface area contributed by atoms with Crippen LogP contribution in [0.3, 0.4) is 0 Å². The first kappa shape index (κ1) is 13.2. The van der Waals surface area contributed by atoms with Gasteiger partial charge in [-0.1, -0.05) is 23.7 Å². The SMILES string of the molecule is NCc1cc(C(=O)NC2CCc3c(Cl)cccc32)co1. The molecular formula is C15H15ClN2O2. The molecule has 0 radical (unpaired) electrons. The molecule has 20 heavy (non-hydrogen) atoms. The highest BCUT2D eigenvalue weighted by Gasteiger charge is 2.26. The molecule has 1 heterocycles. The molecule has 1 aliphatic rings. The minimum absolute atomic E-state index is 0.00688. The standard InChI is InChI=1S/C15H15ClN2O2/c16-13-3-1-2-12-11(13)4-5-14(12)18-15(19)9-6-10(7-17)20-8-9/h1-3,6,8,14H,4-5,7,17H2,(H,18,19). The largest absolute Gasteiger partial charge is 0.467 e. The van der Waals surface area contributed by atoms with Crippen LogP contribution in [-0.2, 0) is 13.0 Å². The van der Waals surface area contributed by atoms with E-state index in [2.05, 4.69) is 5.32 Å². The molecular weight excluding hydrogens is 276 g/mol. The molecule has 104 valence electrons. The minimum atomic E-state index is -0.147. The van der Waals surface area contributed by atoms with Gasteiger partial charge in [0.1, 0.15) is 12.0 Å². The second-order valence-corrected chi connectivity index (χ2v) is 5.29.